The lowest BCUT2D eigenvalue weighted by Gasteiger charge is -2.07. The molecule has 2 N–H and O–H groups in total. The third-order valence-electron chi connectivity index (χ3n) is 3.57. The Balaban J connectivity index is 2.17. The van der Waals surface area contributed by atoms with Crippen LogP contribution >= 0.6 is 0 Å². The molecule has 0 radical (unpaired) electrons. The first kappa shape index (κ1) is 16.5. The molecule has 3 rings (SSSR count). The Kier molecular flexibility index (Phi) is 3.93. The fraction of sp³-hybridized carbons (Fsp3) is 0.0588. The van der Waals surface area contributed by atoms with Crippen molar-refractivity contribution in [3.8, 4) is 23.0 Å². The number of hydrogen-bond donors (Lipinski definition) is 1. The average Bonchev–Trinajstić information content (AvgIpc) is 2.91. The number of nitrogen functional groups attached to an aromatic ring is 1. The highest BCUT2D eigenvalue weighted by atomic mass is 19.4. The first-order chi connectivity index (χ1) is 11.8. The fourth-order valence-electron chi connectivity index (χ4n) is 2.37. The van der Waals surface area contributed by atoms with Gasteiger partial charge in [0.05, 0.1) is 11.3 Å². The molecule has 0 saturated carbocycles. The Bertz CT molecular complexity index is 966. The van der Waals surface area contributed by atoms with Crippen LogP contribution in [0.15, 0.2) is 48.5 Å². The summed E-state index contributed by atoms with van der Waals surface area (Å²) in [6, 6.07) is 11.5. The zero-order chi connectivity index (χ0) is 18.2. The SMILES string of the molecule is N#Cc1c(-c2cccc(C(F)(F)F)c2)nn(-c2ccc(F)cc2)c1N. The molecule has 8 heteroatoms. The molecule has 0 aliphatic rings. The topological polar surface area (TPSA) is 67.6 Å². The van der Waals surface area contributed by atoms with Gasteiger partial charge in [0.15, 0.2) is 0 Å². The maximum Gasteiger partial charge on any atom is 0.416 e. The minimum Gasteiger partial charge on any atom is -0.382 e. The van der Waals surface area contributed by atoms with Crippen molar-refractivity contribution in [3.05, 3.63) is 65.5 Å². The Labute approximate surface area is 139 Å². The van der Waals surface area contributed by atoms with Gasteiger partial charge in [0.1, 0.15) is 29.0 Å². The largest absolute Gasteiger partial charge is 0.416 e. The van der Waals surface area contributed by atoms with Crippen LogP contribution in [0.5, 0.6) is 0 Å². The van der Waals surface area contributed by atoms with Crippen molar-refractivity contribution < 1.29 is 17.6 Å². The van der Waals surface area contributed by atoms with E-state index in [1.807, 2.05) is 6.07 Å². The van der Waals surface area contributed by atoms with Gasteiger partial charge in [-0.25, -0.2) is 9.07 Å². The summed E-state index contributed by atoms with van der Waals surface area (Å²) in [7, 11) is 0. The molecule has 0 saturated heterocycles. The third-order valence-corrected chi connectivity index (χ3v) is 3.57. The molecule has 0 aliphatic heterocycles. The molecule has 2 aromatic carbocycles. The zero-order valence-electron chi connectivity index (χ0n) is 12.5. The van der Waals surface area contributed by atoms with Gasteiger partial charge in [-0.15, -0.1) is 0 Å². The third kappa shape index (κ3) is 3.04. The van der Waals surface area contributed by atoms with E-state index in [1.165, 1.54) is 41.1 Å². The van der Waals surface area contributed by atoms with E-state index < -0.39 is 17.6 Å². The van der Waals surface area contributed by atoms with Crippen LogP contribution < -0.4 is 5.73 Å². The Morgan fingerprint density at radius 2 is 1.76 bits per heavy atom. The van der Waals surface area contributed by atoms with Gasteiger partial charge in [0.2, 0.25) is 0 Å². The first-order valence-electron chi connectivity index (χ1n) is 7.03. The number of rotatable bonds is 2. The smallest absolute Gasteiger partial charge is 0.382 e. The molecule has 1 aromatic heterocycles. The molecule has 25 heavy (non-hydrogen) atoms. The molecule has 0 atom stereocenters. The molecule has 0 bridgehead atoms. The Hall–Kier alpha value is -3.34. The standard InChI is InChI=1S/C17H10F4N4/c18-12-4-6-13(7-5-12)25-16(23)14(9-22)15(24-25)10-2-1-3-11(8-10)17(19,20)21/h1-8H,23H2. The van der Waals surface area contributed by atoms with Crippen molar-refractivity contribution in [2.24, 2.45) is 0 Å². The number of benzene rings is 2. The molecular formula is C17H10F4N4. The lowest BCUT2D eigenvalue weighted by molar-refractivity contribution is -0.137. The summed E-state index contributed by atoms with van der Waals surface area (Å²) in [6.45, 7) is 0. The molecule has 4 nitrogen and oxygen atoms in total. The van der Waals surface area contributed by atoms with Crippen LogP contribution in [0, 0.1) is 17.1 Å². The molecular weight excluding hydrogens is 336 g/mol. The van der Waals surface area contributed by atoms with Crippen molar-refractivity contribution in [2.45, 2.75) is 6.18 Å². The van der Waals surface area contributed by atoms with Crippen molar-refractivity contribution in [1.29, 1.82) is 5.26 Å². The maximum atomic E-state index is 13.1. The van der Waals surface area contributed by atoms with E-state index in [1.54, 1.807) is 0 Å². The average molecular weight is 346 g/mol. The predicted molar refractivity (Wildman–Crippen MR) is 83.1 cm³/mol. The van der Waals surface area contributed by atoms with E-state index in [-0.39, 0.29) is 22.6 Å². The maximum absolute atomic E-state index is 13.1. The van der Waals surface area contributed by atoms with Gasteiger partial charge in [-0.2, -0.15) is 23.5 Å². The summed E-state index contributed by atoms with van der Waals surface area (Å²) in [6.07, 6.45) is -4.52. The number of hydrogen-bond acceptors (Lipinski definition) is 3. The molecule has 0 unspecified atom stereocenters. The number of anilines is 1. The van der Waals surface area contributed by atoms with Gasteiger partial charge in [-0.1, -0.05) is 12.1 Å². The molecule has 3 aromatic rings. The Morgan fingerprint density at radius 3 is 2.36 bits per heavy atom. The molecule has 0 aliphatic carbocycles. The van der Waals surface area contributed by atoms with E-state index in [0.717, 1.165) is 12.1 Å². The summed E-state index contributed by atoms with van der Waals surface area (Å²) in [5.41, 5.74) is 5.51. The van der Waals surface area contributed by atoms with Crippen LogP contribution in [-0.4, -0.2) is 9.78 Å². The quantitative estimate of drug-likeness (QED) is 0.709. The Morgan fingerprint density at radius 1 is 1.08 bits per heavy atom. The van der Waals surface area contributed by atoms with Crippen molar-refractivity contribution in [3.63, 3.8) is 0 Å². The van der Waals surface area contributed by atoms with E-state index in [9.17, 15) is 22.8 Å². The highest BCUT2D eigenvalue weighted by Gasteiger charge is 2.31. The minimum atomic E-state index is -4.52. The van der Waals surface area contributed by atoms with Gasteiger partial charge >= 0.3 is 6.18 Å². The molecule has 0 spiro atoms. The van der Waals surface area contributed by atoms with Crippen LogP contribution in [0.25, 0.3) is 16.9 Å². The lowest BCUT2D eigenvalue weighted by Crippen LogP contribution is -2.04. The van der Waals surface area contributed by atoms with Gasteiger partial charge in [-0.05, 0) is 36.4 Å². The van der Waals surface area contributed by atoms with Gasteiger partial charge < -0.3 is 5.73 Å². The van der Waals surface area contributed by atoms with E-state index in [4.69, 9.17) is 5.73 Å². The summed E-state index contributed by atoms with van der Waals surface area (Å²) < 4.78 is 53.0. The zero-order valence-corrected chi connectivity index (χ0v) is 12.5. The summed E-state index contributed by atoms with van der Waals surface area (Å²) in [5.74, 6) is -0.505. The normalized spacial score (nSPS) is 11.3. The van der Waals surface area contributed by atoms with Crippen LogP contribution in [0.4, 0.5) is 23.4 Å². The van der Waals surface area contributed by atoms with Crippen molar-refractivity contribution in [1.82, 2.24) is 9.78 Å². The van der Waals surface area contributed by atoms with Crippen LogP contribution in [0.2, 0.25) is 0 Å². The van der Waals surface area contributed by atoms with Crippen LogP contribution in [0.3, 0.4) is 0 Å². The number of nitrogens with zero attached hydrogens (tertiary/aromatic N) is 3. The number of nitriles is 1. The van der Waals surface area contributed by atoms with Crippen LogP contribution in [0.1, 0.15) is 11.1 Å². The number of halogens is 4. The molecule has 126 valence electrons. The molecule has 1 heterocycles. The monoisotopic (exact) mass is 346 g/mol. The fourth-order valence-corrected chi connectivity index (χ4v) is 2.37. The second kappa shape index (κ2) is 5.94. The van der Waals surface area contributed by atoms with Gasteiger partial charge in [-0.3, -0.25) is 0 Å². The number of aromatic nitrogens is 2. The van der Waals surface area contributed by atoms with Crippen molar-refractivity contribution in [2.75, 3.05) is 5.73 Å². The second-order valence-corrected chi connectivity index (χ2v) is 5.19. The van der Waals surface area contributed by atoms with Crippen LogP contribution in [-0.2, 0) is 6.18 Å². The molecule has 0 amide bonds. The van der Waals surface area contributed by atoms with Gasteiger partial charge in [0.25, 0.3) is 0 Å². The highest BCUT2D eigenvalue weighted by molar-refractivity contribution is 5.74. The first-order valence-corrected chi connectivity index (χ1v) is 7.03. The minimum absolute atomic E-state index is 0.0235. The predicted octanol–water partition coefficient (Wildman–Crippen LogP) is 4.15. The van der Waals surface area contributed by atoms with E-state index in [0.29, 0.717) is 5.69 Å². The van der Waals surface area contributed by atoms with Crippen molar-refractivity contribution >= 4 is 5.82 Å². The number of alkyl halides is 3. The number of nitrogens with two attached hydrogens (primary N) is 1. The summed E-state index contributed by atoms with van der Waals surface area (Å²) in [5, 5.41) is 13.5. The lowest BCUT2D eigenvalue weighted by atomic mass is 10.0. The van der Waals surface area contributed by atoms with E-state index in [2.05, 4.69) is 5.10 Å². The summed E-state index contributed by atoms with van der Waals surface area (Å²) >= 11 is 0. The van der Waals surface area contributed by atoms with Gasteiger partial charge in [0, 0.05) is 5.56 Å². The highest BCUT2D eigenvalue weighted by Crippen LogP contribution is 2.34. The van der Waals surface area contributed by atoms with E-state index >= 15 is 0 Å². The second-order valence-electron chi connectivity index (χ2n) is 5.19. The summed E-state index contributed by atoms with van der Waals surface area (Å²) in [4.78, 5) is 0. The molecule has 0 fully saturated rings.